The smallest absolute Gasteiger partial charge is 0.320 e. The van der Waals surface area contributed by atoms with E-state index in [0.29, 0.717) is 24.5 Å². The van der Waals surface area contributed by atoms with E-state index < -0.39 is 0 Å². The monoisotopic (exact) mass is 379 g/mol. The van der Waals surface area contributed by atoms with Gasteiger partial charge >= 0.3 is 6.03 Å². The number of hydrogen-bond donors (Lipinski definition) is 1. The molecule has 0 bridgehead atoms. The molecule has 0 aliphatic carbocycles. The fourth-order valence-corrected chi connectivity index (χ4v) is 2.92. The third-order valence-corrected chi connectivity index (χ3v) is 4.64. The Bertz CT molecular complexity index is 882. The summed E-state index contributed by atoms with van der Waals surface area (Å²) in [4.78, 5) is 19.0. The van der Waals surface area contributed by atoms with Gasteiger partial charge in [-0.15, -0.1) is 0 Å². The number of aryl methyl sites for hydroxylation is 1. The van der Waals surface area contributed by atoms with E-state index in [2.05, 4.69) is 10.3 Å². The molecule has 0 spiro atoms. The van der Waals surface area contributed by atoms with E-state index in [4.69, 9.17) is 11.6 Å². The molecule has 0 radical (unpaired) electrons. The lowest BCUT2D eigenvalue weighted by Gasteiger charge is -2.24. The van der Waals surface area contributed by atoms with Crippen molar-refractivity contribution in [3.63, 3.8) is 0 Å². The Morgan fingerprint density at radius 3 is 2.48 bits per heavy atom. The fraction of sp³-hybridized carbons (Fsp3) is 0.182. The van der Waals surface area contributed by atoms with Crippen LogP contribution in [0.25, 0.3) is 0 Å². The summed E-state index contributed by atoms with van der Waals surface area (Å²) in [5.74, 6) is 0. The van der Waals surface area contributed by atoms with E-state index in [-0.39, 0.29) is 6.03 Å². The first-order valence-electron chi connectivity index (χ1n) is 8.88. The van der Waals surface area contributed by atoms with Gasteiger partial charge in [-0.1, -0.05) is 53.6 Å². The van der Waals surface area contributed by atoms with Gasteiger partial charge in [0.1, 0.15) is 0 Å². The van der Waals surface area contributed by atoms with Gasteiger partial charge in [0.05, 0.1) is 0 Å². The SMILES string of the molecule is Cc1ccc(NC(=O)N(CCc2ccccn2)Cc2ccccc2Cl)cc1. The number of nitrogens with one attached hydrogen (secondary N) is 1. The maximum absolute atomic E-state index is 12.9. The van der Waals surface area contributed by atoms with Gasteiger partial charge in [-0.3, -0.25) is 4.98 Å². The lowest BCUT2D eigenvalue weighted by molar-refractivity contribution is 0.209. The molecule has 1 heterocycles. The third-order valence-electron chi connectivity index (χ3n) is 4.27. The zero-order valence-corrected chi connectivity index (χ0v) is 16.0. The van der Waals surface area contributed by atoms with Gasteiger partial charge in [0.15, 0.2) is 0 Å². The minimum absolute atomic E-state index is 0.158. The molecule has 0 aliphatic heterocycles. The molecule has 0 saturated heterocycles. The first-order chi connectivity index (χ1) is 13.1. The highest BCUT2D eigenvalue weighted by Gasteiger charge is 2.16. The minimum atomic E-state index is -0.158. The summed E-state index contributed by atoms with van der Waals surface area (Å²) in [7, 11) is 0. The summed E-state index contributed by atoms with van der Waals surface area (Å²) in [6, 6.07) is 21.0. The quantitative estimate of drug-likeness (QED) is 0.629. The van der Waals surface area contributed by atoms with E-state index in [0.717, 1.165) is 22.5 Å². The molecule has 0 aliphatic rings. The van der Waals surface area contributed by atoms with Crippen molar-refractivity contribution >= 4 is 23.3 Å². The molecule has 3 rings (SSSR count). The summed E-state index contributed by atoms with van der Waals surface area (Å²) in [5, 5.41) is 3.62. The number of rotatable bonds is 6. The van der Waals surface area contributed by atoms with Crippen LogP contribution in [0.1, 0.15) is 16.8 Å². The van der Waals surface area contributed by atoms with Gasteiger partial charge in [0.25, 0.3) is 0 Å². The number of urea groups is 1. The maximum Gasteiger partial charge on any atom is 0.322 e. The van der Waals surface area contributed by atoms with Gasteiger partial charge in [-0.05, 0) is 42.8 Å². The van der Waals surface area contributed by atoms with Crippen LogP contribution in [0.2, 0.25) is 5.02 Å². The number of anilines is 1. The van der Waals surface area contributed by atoms with Crippen molar-refractivity contribution in [2.75, 3.05) is 11.9 Å². The molecule has 27 heavy (non-hydrogen) atoms. The molecule has 5 heteroatoms. The summed E-state index contributed by atoms with van der Waals surface area (Å²) in [5.41, 5.74) is 3.78. The Morgan fingerprint density at radius 2 is 1.78 bits per heavy atom. The number of hydrogen-bond acceptors (Lipinski definition) is 2. The zero-order chi connectivity index (χ0) is 19.1. The summed E-state index contributed by atoms with van der Waals surface area (Å²) in [6.07, 6.45) is 2.44. The van der Waals surface area contributed by atoms with Crippen LogP contribution in [0.15, 0.2) is 72.9 Å². The second-order valence-electron chi connectivity index (χ2n) is 6.38. The van der Waals surface area contributed by atoms with E-state index in [1.807, 2.05) is 73.7 Å². The van der Waals surface area contributed by atoms with Crippen molar-refractivity contribution in [1.29, 1.82) is 0 Å². The topological polar surface area (TPSA) is 45.2 Å². The van der Waals surface area contributed by atoms with E-state index in [1.165, 1.54) is 0 Å². The molecule has 0 unspecified atom stereocenters. The summed E-state index contributed by atoms with van der Waals surface area (Å²) >= 11 is 6.30. The second-order valence-corrected chi connectivity index (χ2v) is 6.79. The minimum Gasteiger partial charge on any atom is -0.320 e. The molecule has 4 nitrogen and oxygen atoms in total. The summed E-state index contributed by atoms with van der Waals surface area (Å²) in [6.45, 7) is 2.99. The van der Waals surface area contributed by atoms with Crippen molar-refractivity contribution in [1.82, 2.24) is 9.88 Å². The number of nitrogens with zero attached hydrogens (tertiary/aromatic N) is 2. The predicted octanol–water partition coefficient (Wildman–Crippen LogP) is 5.32. The van der Waals surface area contributed by atoms with E-state index >= 15 is 0 Å². The van der Waals surface area contributed by atoms with Crippen LogP contribution in [-0.2, 0) is 13.0 Å². The number of halogens is 1. The Labute approximate surface area is 164 Å². The number of aromatic nitrogens is 1. The van der Waals surface area contributed by atoms with E-state index in [9.17, 15) is 4.79 Å². The average molecular weight is 380 g/mol. The van der Waals surface area contributed by atoms with Crippen LogP contribution < -0.4 is 5.32 Å². The lowest BCUT2D eigenvalue weighted by Crippen LogP contribution is -2.36. The Kier molecular flexibility index (Phi) is 6.44. The van der Waals surface area contributed by atoms with Gasteiger partial charge < -0.3 is 10.2 Å². The van der Waals surface area contributed by atoms with E-state index in [1.54, 1.807) is 11.1 Å². The zero-order valence-electron chi connectivity index (χ0n) is 15.2. The van der Waals surface area contributed by atoms with Crippen molar-refractivity contribution < 1.29 is 4.79 Å². The number of amides is 2. The molecule has 2 aromatic carbocycles. The molecule has 0 saturated carbocycles. The molecule has 3 aromatic rings. The van der Waals surface area contributed by atoms with Crippen LogP contribution in [0.4, 0.5) is 10.5 Å². The van der Waals surface area contributed by atoms with Crippen molar-refractivity contribution in [3.05, 3.63) is 94.8 Å². The molecule has 1 aromatic heterocycles. The third kappa shape index (κ3) is 5.56. The normalized spacial score (nSPS) is 10.4. The number of benzene rings is 2. The van der Waals surface area contributed by atoms with Crippen LogP contribution in [0.3, 0.4) is 0 Å². The molecule has 2 amide bonds. The van der Waals surface area contributed by atoms with Crippen molar-refractivity contribution in [2.45, 2.75) is 19.9 Å². The van der Waals surface area contributed by atoms with Gasteiger partial charge in [0.2, 0.25) is 0 Å². The van der Waals surface area contributed by atoms with Gasteiger partial charge in [-0.25, -0.2) is 4.79 Å². The Balaban J connectivity index is 1.74. The number of carbonyl (C=O) groups excluding carboxylic acids is 1. The van der Waals surface area contributed by atoms with Crippen molar-refractivity contribution in [3.8, 4) is 0 Å². The largest absolute Gasteiger partial charge is 0.322 e. The van der Waals surface area contributed by atoms with Crippen LogP contribution >= 0.6 is 11.6 Å². The fourth-order valence-electron chi connectivity index (χ4n) is 2.72. The Hall–Kier alpha value is -2.85. The highest BCUT2D eigenvalue weighted by Crippen LogP contribution is 2.18. The van der Waals surface area contributed by atoms with Crippen LogP contribution in [0, 0.1) is 6.92 Å². The predicted molar refractivity (Wildman–Crippen MR) is 110 cm³/mol. The molecular formula is C22H22ClN3O. The molecule has 1 N–H and O–H groups in total. The van der Waals surface area contributed by atoms with Crippen LogP contribution in [0.5, 0.6) is 0 Å². The highest BCUT2D eigenvalue weighted by atomic mass is 35.5. The molecule has 138 valence electrons. The maximum atomic E-state index is 12.9. The van der Waals surface area contributed by atoms with Gasteiger partial charge in [-0.2, -0.15) is 0 Å². The first kappa shape index (κ1) is 18.9. The Morgan fingerprint density at radius 1 is 1.04 bits per heavy atom. The average Bonchev–Trinajstić information content (AvgIpc) is 2.69. The van der Waals surface area contributed by atoms with Crippen molar-refractivity contribution in [2.24, 2.45) is 0 Å². The number of pyridine rings is 1. The number of carbonyl (C=O) groups is 1. The lowest BCUT2D eigenvalue weighted by atomic mass is 10.2. The second kappa shape index (κ2) is 9.19. The molecule has 0 fully saturated rings. The standard InChI is InChI=1S/C22H22ClN3O/c1-17-9-11-20(12-10-17)25-22(27)26(15-13-19-7-4-5-14-24-19)16-18-6-2-3-8-21(18)23/h2-12,14H,13,15-16H2,1H3,(H,25,27). The molecule has 0 atom stereocenters. The summed E-state index contributed by atoms with van der Waals surface area (Å²) < 4.78 is 0. The first-order valence-corrected chi connectivity index (χ1v) is 9.25. The highest BCUT2D eigenvalue weighted by molar-refractivity contribution is 6.31. The van der Waals surface area contributed by atoms with Crippen LogP contribution in [-0.4, -0.2) is 22.5 Å². The van der Waals surface area contributed by atoms with Gasteiger partial charge in [0, 0.05) is 42.1 Å². The molecular weight excluding hydrogens is 358 g/mol.